The van der Waals surface area contributed by atoms with E-state index in [1.54, 1.807) is 30.6 Å². The molecule has 0 spiro atoms. The van der Waals surface area contributed by atoms with Crippen LogP contribution in [0.1, 0.15) is 37.3 Å². The minimum absolute atomic E-state index is 0.206. The third-order valence-electron chi connectivity index (χ3n) is 3.31. The van der Waals surface area contributed by atoms with Gasteiger partial charge in [0.05, 0.1) is 17.4 Å². The van der Waals surface area contributed by atoms with Gasteiger partial charge in [0.15, 0.2) is 23.4 Å². The number of benzene rings is 1. The molecule has 0 unspecified atom stereocenters. The number of aromatic nitrogens is 2. The molecule has 0 saturated heterocycles. The van der Waals surface area contributed by atoms with Crippen LogP contribution in [-0.2, 0) is 0 Å². The monoisotopic (exact) mass is 296 g/mol. The molecule has 2 aromatic rings. The number of anilines is 1. The van der Waals surface area contributed by atoms with Crippen molar-refractivity contribution in [2.75, 3.05) is 5.73 Å². The predicted octanol–water partition coefficient (Wildman–Crippen LogP) is 2.61. The fraction of sp³-hybridized carbons (Fsp3) is 0.312. The van der Waals surface area contributed by atoms with Gasteiger partial charge in [-0.1, -0.05) is 0 Å². The van der Waals surface area contributed by atoms with Gasteiger partial charge >= 0.3 is 0 Å². The van der Waals surface area contributed by atoms with Crippen molar-refractivity contribution in [1.82, 2.24) is 9.97 Å². The van der Waals surface area contributed by atoms with Gasteiger partial charge in [-0.05, 0) is 25.8 Å². The average molecular weight is 296 g/mol. The largest absolute Gasteiger partial charge is 0.486 e. The van der Waals surface area contributed by atoms with Gasteiger partial charge in [-0.2, -0.15) is 5.26 Å². The second kappa shape index (κ2) is 5.90. The summed E-state index contributed by atoms with van der Waals surface area (Å²) < 4.78 is 11.7. The summed E-state index contributed by atoms with van der Waals surface area (Å²) in [4.78, 5) is 8.34. The summed E-state index contributed by atoms with van der Waals surface area (Å²) in [6.45, 7) is 1.85. The molecular formula is C16H16N4O2. The van der Waals surface area contributed by atoms with Crippen LogP contribution < -0.4 is 15.2 Å². The van der Waals surface area contributed by atoms with Crippen LogP contribution in [0.5, 0.6) is 11.5 Å². The molecule has 1 atom stereocenters. The first kappa shape index (κ1) is 14.1. The van der Waals surface area contributed by atoms with Crippen LogP contribution in [-0.4, -0.2) is 16.1 Å². The number of nitrogens with two attached hydrogens (primary N) is 1. The third-order valence-corrected chi connectivity index (χ3v) is 3.31. The molecule has 3 rings (SSSR count). The molecule has 1 heterocycles. The molecule has 0 radical (unpaired) electrons. The Hall–Kier alpha value is -2.81. The highest BCUT2D eigenvalue weighted by Gasteiger charge is 2.26. The Morgan fingerprint density at radius 3 is 2.64 bits per heavy atom. The number of nitrogen functional groups attached to an aromatic ring is 1. The average Bonchev–Trinajstić information content (AvgIpc) is 3.34. The van der Waals surface area contributed by atoms with E-state index in [0.717, 1.165) is 12.8 Å². The minimum Gasteiger partial charge on any atom is -0.486 e. The van der Waals surface area contributed by atoms with Gasteiger partial charge in [-0.15, -0.1) is 0 Å². The predicted molar refractivity (Wildman–Crippen MR) is 80.3 cm³/mol. The van der Waals surface area contributed by atoms with Crippen LogP contribution in [0.3, 0.4) is 0 Å². The number of hydrogen-bond acceptors (Lipinski definition) is 6. The van der Waals surface area contributed by atoms with Crippen molar-refractivity contribution in [3.63, 3.8) is 0 Å². The lowest BCUT2D eigenvalue weighted by molar-refractivity contribution is 0.198. The van der Waals surface area contributed by atoms with E-state index < -0.39 is 0 Å². The van der Waals surface area contributed by atoms with Crippen molar-refractivity contribution >= 4 is 5.69 Å². The molecule has 2 N–H and O–H groups in total. The van der Waals surface area contributed by atoms with Crippen molar-refractivity contribution in [1.29, 1.82) is 5.26 Å². The molecule has 0 amide bonds. The maximum Gasteiger partial charge on any atom is 0.168 e. The van der Waals surface area contributed by atoms with E-state index in [-0.39, 0.29) is 12.2 Å². The van der Waals surface area contributed by atoms with E-state index in [0.29, 0.717) is 28.6 Å². The molecular weight excluding hydrogens is 280 g/mol. The summed E-state index contributed by atoms with van der Waals surface area (Å²) in [5.41, 5.74) is 6.60. The van der Waals surface area contributed by atoms with E-state index in [9.17, 15) is 0 Å². The molecule has 1 aromatic carbocycles. The zero-order valence-electron chi connectivity index (χ0n) is 12.2. The van der Waals surface area contributed by atoms with Crippen LogP contribution in [0.4, 0.5) is 5.69 Å². The summed E-state index contributed by atoms with van der Waals surface area (Å²) in [5, 5.41) is 9.13. The van der Waals surface area contributed by atoms with Crippen molar-refractivity contribution in [2.45, 2.75) is 32.0 Å². The highest BCUT2D eigenvalue weighted by Crippen LogP contribution is 2.38. The first-order chi connectivity index (χ1) is 10.7. The molecule has 112 valence electrons. The lowest BCUT2D eigenvalue weighted by atomic mass is 10.1. The van der Waals surface area contributed by atoms with E-state index >= 15 is 0 Å². The van der Waals surface area contributed by atoms with Crippen LogP contribution in [0, 0.1) is 11.3 Å². The van der Waals surface area contributed by atoms with Crippen LogP contribution in [0.2, 0.25) is 0 Å². The standard InChI is InChI=1S/C16H16N4O2/c1-10(16-19-5-2-6-20-16)21-14-7-11(9-17)13(18)8-15(14)22-12-3-4-12/h2,5-8,10,12H,3-4,18H2,1H3/t10-/m0/s1. The first-order valence-electron chi connectivity index (χ1n) is 7.11. The first-order valence-corrected chi connectivity index (χ1v) is 7.11. The van der Waals surface area contributed by atoms with Crippen molar-refractivity contribution in [3.8, 4) is 17.6 Å². The van der Waals surface area contributed by atoms with Crippen molar-refractivity contribution in [2.24, 2.45) is 0 Å². The Kier molecular flexibility index (Phi) is 3.79. The third kappa shape index (κ3) is 3.09. The van der Waals surface area contributed by atoms with Gasteiger partial charge < -0.3 is 15.2 Å². The molecule has 1 aliphatic rings. The van der Waals surface area contributed by atoms with Gasteiger partial charge in [0.2, 0.25) is 0 Å². The molecule has 1 saturated carbocycles. The van der Waals surface area contributed by atoms with Crippen molar-refractivity contribution in [3.05, 3.63) is 42.0 Å². The number of hydrogen-bond donors (Lipinski definition) is 1. The van der Waals surface area contributed by atoms with Gasteiger partial charge in [-0.25, -0.2) is 9.97 Å². The molecule has 1 aromatic heterocycles. The van der Waals surface area contributed by atoms with Crippen molar-refractivity contribution < 1.29 is 9.47 Å². The number of nitriles is 1. The fourth-order valence-electron chi connectivity index (χ4n) is 1.99. The van der Waals surface area contributed by atoms with Gasteiger partial charge in [0.25, 0.3) is 0 Å². The Labute approximate surface area is 128 Å². The molecule has 1 aliphatic carbocycles. The normalized spacial score (nSPS) is 14.9. The van der Waals surface area contributed by atoms with Gasteiger partial charge in [0.1, 0.15) is 6.07 Å². The lowest BCUT2D eigenvalue weighted by Crippen LogP contribution is -2.09. The maximum atomic E-state index is 9.13. The molecule has 0 aliphatic heterocycles. The Bertz CT molecular complexity index is 708. The highest BCUT2D eigenvalue weighted by atomic mass is 16.5. The highest BCUT2D eigenvalue weighted by molar-refractivity contribution is 5.62. The van der Waals surface area contributed by atoms with Crippen LogP contribution in [0.25, 0.3) is 0 Å². The molecule has 6 nitrogen and oxygen atoms in total. The molecule has 22 heavy (non-hydrogen) atoms. The molecule has 1 fully saturated rings. The molecule has 6 heteroatoms. The van der Waals surface area contributed by atoms with Gasteiger partial charge in [-0.3, -0.25) is 0 Å². The number of nitrogens with zero attached hydrogens (tertiary/aromatic N) is 3. The molecule has 0 bridgehead atoms. The minimum atomic E-state index is -0.363. The number of rotatable bonds is 5. The van der Waals surface area contributed by atoms with Crippen LogP contribution >= 0.6 is 0 Å². The summed E-state index contributed by atoms with van der Waals surface area (Å²) >= 11 is 0. The summed E-state index contributed by atoms with van der Waals surface area (Å²) in [5.74, 6) is 1.61. The fourth-order valence-corrected chi connectivity index (χ4v) is 1.99. The summed E-state index contributed by atoms with van der Waals surface area (Å²) in [6.07, 6.45) is 5.21. The topological polar surface area (TPSA) is 94.0 Å². The second-order valence-electron chi connectivity index (χ2n) is 5.18. The Morgan fingerprint density at radius 2 is 2.00 bits per heavy atom. The van der Waals surface area contributed by atoms with E-state index in [2.05, 4.69) is 16.0 Å². The zero-order chi connectivity index (χ0) is 15.5. The SMILES string of the molecule is C[C@H](Oc1cc(C#N)c(N)cc1OC1CC1)c1ncccn1. The maximum absolute atomic E-state index is 9.13. The zero-order valence-corrected chi connectivity index (χ0v) is 12.2. The lowest BCUT2D eigenvalue weighted by Gasteiger charge is -2.17. The Morgan fingerprint density at radius 1 is 1.27 bits per heavy atom. The van der Waals surface area contributed by atoms with Crippen LogP contribution in [0.15, 0.2) is 30.6 Å². The quantitative estimate of drug-likeness (QED) is 0.852. The van der Waals surface area contributed by atoms with E-state index in [1.165, 1.54) is 0 Å². The number of ether oxygens (including phenoxy) is 2. The summed E-state index contributed by atoms with van der Waals surface area (Å²) in [7, 11) is 0. The smallest absolute Gasteiger partial charge is 0.168 e. The second-order valence-corrected chi connectivity index (χ2v) is 5.18. The van der Waals surface area contributed by atoms with E-state index in [4.69, 9.17) is 20.5 Å². The van der Waals surface area contributed by atoms with E-state index in [1.807, 2.05) is 6.92 Å². The summed E-state index contributed by atoms with van der Waals surface area (Å²) in [6, 6.07) is 7.05. The van der Waals surface area contributed by atoms with Gasteiger partial charge in [0, 0.05) is 24.5 Å². The Balaban J connectivity index is 1.88.